The Labute approximate surface area is 221 Å². The normalized spacial score (nSPS) is 12.0. The highest BCUT2D eigenvalue weighted by Crippen LogP contribution is 2.27. The van der Waals surface area contributed by atoms with Crippen molar-refractivity contribution in [3.8, 4) is 0 Å². The maximum atomic E-state index is 13.6. The molecule has 0 aliphatic heterocycles. The van der Waals surface area contributed by atoms with Crippen molar-refractivity contribution in [2.75, 3.05) is 24.4 Å². The summed E-state index contributed by atoms with van der Waals surface area (Å²) in [5, 5.41) is 3.25. The number of sulfonamides is 1. The van der Waals surface area contributed by atoms with E-state index in [-0.39, 0.29) is 23.0 Å². The molecular formula is C26H27Cl2N3O4S. The van der Waals surface area contributed by atoms with Crippen molar-refractivity contribution in [2.45, 2.75) is 24.3 Å². The topological polar surface area (TPSA) is 86.8 Å². The lowest BCUT2D eigenvalue weighted by molar-refractivity contribution is -0.138. The lowest BCUT2D eigenvalue weighted by atomic mass is 10.1. The number of hydrogen-bond acceptors (Lipinski definition) is 4. The van der Waals surface area contributed by atoms with Crippen LogP contribution in [0.5, 0.6) is 0 Å². The Balaban J connectivity index is 1.97. The van der Waals surface area contributed by atoms with Crippen LogP contribution >= 0.6 is 23.2 Å². The molecule has 36 heavy (non-hydrogen) atoms. The van der Waals surface area contributed by atoms with Crippen LogP contribution in [0, 0.1) is 0 Å². The van der Waals surface area contributed by atoms with Crippen molar-refractivity contribution >= 4 is 50.7 Å². The Morgan fingerprint density at radius 2 is 1.58 bits per heavy atom. The van der Waals surface area contributed by atoms with Crippen LogP contribution in [0.3, 0.4) is 0 Å². The van der Waals surface area contributed by atoms with Crippen LogP contribution in [0.2, 0.25) is 10.0 Å². The zero-order valence-electron chi connectivity index (χ0n) is 19.9. The summed E-state index contributed by atoms with van der Waals surface area (Å²) in [7, 11) is -2.68. The smallest absolute Gasteiger partial charge is 0.264 e. The number of likely N-dealkylation sites (N-methyl/N-ethyl adjacent to an activating group) is 1. The molecule has 0 radical (unpaired) electrons. The molecule has 0 spiro atoms. The van der Waals surface area contributed by atoms with Crippen LogP contribution in [0.25, 0.3) is 0 Å². The van der Waals surface area contributed by atoms with Crippen molar-refractivity contribution in [1.29, 1.82) is 0 Å². The second kappa shape index (κ2) is 12.3. The van der Waals surface area contributed by atoms with Gasteiger partial charge in [0.2, 0.25) is 11.8 Å². The molecule has 190 valence electrons. The number of rotatable bonds is 10. The van der Waals surface area contributed by atoms with E-state index in [0.29, 0.717) is 16.5 Å². The molecule has 3 aromatic rings. The van der Waals surface area contributed by atoms with Crippen molar-refractivity contribution in [3.63, 3.8) is 0 Å². The number of anilines is 1. The fourth-order valence-corrected chi connectivity index (χ4v) is 5.39. The van der Waals surface area contributed by atoms with E-state index in [9.17, 15) is 18.0 Å². The Kier molecular flexibility index (Phi) is 9.37. The van der Waals surface area contributed by atoms with Crippen LogP contribution in [0.1, 0.15) is 12.5 Å². The van der Waals surface area contributed by atoms with Gasteiger partial charge >= 0.3 is 0 Å². The summed E-state index contributed by atoms with van der Waals surface area (Å²) >= 11 is 12.1. The summed E-state index contributed by atoms with van der Waals surface area (Å²) in [6, 6.07) is 20.6. The number of carbonyl (C=O) groups excluding carboxylic acids is 2. The number of amides is 2. The molecule has 1 atom stereocenters. The zero-order chi connectivity index (χ0) is 26.3. The summed E-state index contributed by atoms with van der Waals surface area (Å²) < 4.78 is 28.3. The van der Waals surface area contributed by atoms with Crippen LogP contribution in [-0.2, 0) is 26.0 Å². The van der Waals surface area contributed by atoms with E-state index < -0.39 is 28.5 Å². The molecule has 0 aromatic heterocycles. The van der Waals surface area contributed by atoms with E-state index in [0.717, 1.165) is 9.87 Å². The minimum atomic E-state index is -4.17. The number of nitrogens with one attached hydrogen (secondary N) is 1. The van der Waals surface area contributed by atoms with Gasteiger partial charge in [0.05, 0.1) is 10.6 Å². The quantitative estimate of drug-likeness (QED) is 0.407. The first kappa shape index (κ1) is 27.5. The number of carbonyl (C=O) groups is 2. The van der Waals surface area contributed by atoms with Crippen LogP contribution < -0.4 is 9.62 Å². The van der Waals surface area contributed by atoms with Gasteiger partial charge in [0.25, 0.3) is 10.0 Å². The predicted molar refractivity (Wildman–Crippen MR) is 143 cm³/mol. The zero-order valence-corrected chi connectivity index (χ0v) is 22.2. The van der Waals surface area contributed by atoms with Gasteiger partial charge < -0.3 is 10.2 Å². The highest BCUT2D eigenvalue weighted by Gasteiger charge is 2.32. The van der Waals surface area contributed by atoms with E-state index >= 15 is 0 Å². The van der Waals surface area contributed by atoms with Gasteiger partial charge in [-0.2, -0.15) is 0 Å². The monoisotopic (exact) mass is 547 g/mol. The number of halogens is 2. The molecule has 0 heterocycles. The fourth-order valence-electron chi connectivity index (χ4n) is 3.67. The Hall–Kier alpha value is -3.07. The number of nitrogens with zero attached hydrogens (tertiary/aromatic N) is 2. The van der Waals surface area contributed by atoms with Crippen LogP contribution in [0.4, 0.5) is 5.69 Å². The summed E-state index contributed by atoms with van der Waals surface area (Å²) in [6.45, 7) is 1.31. The molecule has 0 saturated carbocycles. The molecule has 0 aliphatic rings. The largest absolute Gasteiger partial charge is 0.357 e. The maximum Gasteiger partial charge on any atom is 0.264 e. The molecule has 0 unspecified atom stereocenters. The van der Waals surface area contributed by atoms with Crippen LogP contribution in [-0.4, -0.2) is 51.3 Å². The van der Waals surface area contributed by atoms with Crippen molar-refractivity contribution < 1.29 is 18.0 Å². The molecule has 3 rings (SSSR count). The van der Waals surface area contributed by atoms with Crippen molar-refractivity contribution in [3.05, 3.63) is 94.5 Å². The lowest BCUT2D eigenvalue weighted by Gasteiger charge is -2.31. The average molecular weight is 548 g/mol. The summed E-state index contributed by atoms with van der Waals surface area (Å²) in [5.41, 5.74) is 1.21. The van der Waals surface area contributed by atoms with Crippen LogP contribution in [0.15, 0.2) is 83.8 Å². The third-order valence-corrected chi connectivity index (χ3v) is 7.95. The van der Waals surface area contributed by atoms with Gasteiger partial charge in [0.1, 0.15) is 12.6 Å². The van der Waals surface area contributed by atoms with E-state index in [2.05, 4.69) is 5.32 Å². The molecule has 0 bridgehead atoms. The first-order valence-electron chi connectivity index (χ1n) is 11.2. The Morgan fingerprint density at radius 1 is 0.917 bits per heavy atom. The van der Waals surface area contributed by atoms with Gasteiger partial charge in [0, 0.05) is 23.6 Å². The van der Waals surface area contributed by atoms with Gasteiger partial charge in [-0.25, -0.2) is 8.42 Å². The molecule has 0 saturated heterocycles. The molecule has 7 nitrogen and oxygen atoms in total. The van der Waals surface area contributed by atoms with Crippen molar-refractivity contribution in [2.24, 2.45) is 0 Å². The van der Waals surface area contributed by atoms with E-state index in [4.69, 9.17) is 23.2 Å². The molecular weight excluding hydrogens is 521 g/mol. The van der Waals surface area contributed by atoms with E-state index in [1.165, 1.54) is 42.3 Å². The average Bonchev–Trinajstić information content (AvgIpc) is 2.87. The highest BCUT2D eigenvalue weighted by molar-refractivity contribution is 7.92. The molecule has 2 amide bonds. The van der Waals surface area contributed by atoms with Gasteiger partial charge in [-0.3, -0.25) is 13.9 Å². The van der Waals surface area contributed by atoms with Gasteiger partial charge in [0.15, 0.2) is 0 Å². The lowest BCUT2D eigenvalue weighted by Crippen LogP contribution is -2.51. The third kappa shape index (κ3) is 6.78. The predicted octanol–water partition coefficient (Wildman–Crippen LogP) is 4.39. The molecule has 0 aliphatic carbocycles. The van der Waals surface area contributed by atoms with E-state index in [1.54, 1.807) is 25.1 Å². The standard InChI is InChI=1S/C26H27Cl2N3O4S/c1-19(26(33)29-2)30(16-15-20-7-4-3-5-8-20)25(32)18-31(23-10-6-9-22(28)17-23)36(34,35)24-13-11-21(27)12-14-24/h3-14,17,19H,15-16,18H2,1-2H3,(H,29,33)/t19-/m0/s1. The fraction of sp³-hybridized carbons (Fsp3) is 0.231. The van der Waals surface area contributed by atoms with Gasteiger partial charge in [-0.15, -0.1) is 0 Å². The minimum Gasteiger partial charge on any atom is -0.357 e. The molecule has 0 fully saturated rings. The van der Waals surface area contributed by atoms with Gasteiger partial charge in [-0.05, 0) is 61.4 Å². The second-order valence-electron chi connectivity index (χ2n) is 8.06. The van der Waals surface area contributed by atoms with Gasteiger partial charge in [-0.1, -0.05) is 59.6 Å². The summed E-state index contributed by atoms with van der Waals surface area (Å²) in [6.07, 6.45) is 0.495. The summed E-state index contributed by atoms with van der Waals surface area (Å²) in [5.74, 6) is -0.883. The maximum absolute atomic E-state index is 13.6. The number of hydrogen-bond donors (Lipinski definition) is 1. The SMILES string of the molecule is CNC(=O)[C@H](C)N(CCc1ccccc1)C(=O)CN(c1cccc(Cl)c1)S(=O)(=O)c1ccc(Cl)cc1. The minimum absolute atomic E-state index is 0.0325. The number of benzene rings is 3. The van der Waals surface area contributed by atoms with Crippen molar-refractivity contribution in [1.82, 2.24) is 10.2 Å². The molecule has 10 heteroatoms. The third-order valence-electron chi connectivity index (χ3n) is 5.67. The second-order valence-corrected chi connectivity index (χ2v) is 10.8. The Bertz CT molecular complexity index is 1300. The Morgan fingerprint density at radius 3 is 2.19 bits per heavy atom. The first-order valence-corrected chi connectivity index (χ1v) is 13.4. The highest BCUT2D eigenvalue weighted by atomic mass is 35.5. The van der Waals surface area contributed by atoms with E-state index in [1.807, 2.05) is 30.3 Å². The molecule has 1 N–H and O–H groups in total. The molecule has 3 aromatic carbocycles. The summed E-state index contributed by atoms with van der Waals surface area (Å²) in [4.78, 5) is 27.4. The first-order chi connectivity index (χ1) is 17.1.